The van der Waals surface area contributed by atoms with Crippen molar-refractivity contribution in [2.24, 2.45) is 4.99 Å². The Bertz CT molecular complexity index is 1080. The normalized spacial score (nSPS) is 16.4. The number of para-hydroxylation sites is 1. The SMILES string of the molecule is CCOC(=O)CC1N=C(c2ccc(Cl)cc2)c2oc3ccccc3c2CC1=O. The molecule has 1 aliphatic rings. The maximum Gasteiger partial charge on any atom is 0.308 e. The lowest BCUT2D eigenvalue weighted by Crippen LogP contribution is -2.25. The molecule has 0 bridgehead atoms. The van der Waals surface area contributed by atoms with Crippen molar-refractivity contribution in [2.45, 2.75) is 25.8 Å². The minimum absolute atomic E-state index is 0.0913. The summed E-state index contributed by atoms with van der Waals surface area (Å²) in [6.45, 7) is 1.99. The molecule has 1 atom stereocenters. The molecule has 28 heavy (non-hydrogen) atoms. The molecule has 0 saturated heterocycles. The van der Waals surface area contributed by atoms with Crippen LogP contribution in [-0.2, 0) is 20.7 Å². The molecule has 1 aromatic heterocycles. The number of hydrogen-bond acceptors (Lipinski definition) is 5. The number of fused-ring (bicyclic) bond motifs is 3. The van der Waals surface area contributed by atoms with E-state index in [9.17, 15) is 9.59 Å². The fourth-order valence-corrected chi connectivity index (χ4v) is 3.52. The van der Waals surface area contributed by atoms with Crippen LogP contribution in [0.15, 0.2) is 57.9 Å². The number of carbonyl (C=O) groups excluding carboxylic acids is 2. The average molecular weight is 396 g/mol. The van der Waals surface area contributed by atoms with E-state index >= 15 is 0 Å². The van der Waals surface area contributed by atoms with E-state index in [-0.39, 0.29) is 25.2 Å². The predicted octanol–water partition coefficient (Wildman–Crippen LogP) is 4.37. The molecule has 5 nitrogen and oxygen atoms in total. The zero-order valence-electron chi connectivity index (χ0n) is 15.3. The first-order chi connectivity index (χ1) is 13.6. The quantitative estimate of drug-likeness (QED) is 0.615. The molecule has 0 N–H and O–H groups in total. The number of aliphatic imine (C=N–C) groups is 1. The maximum atomic E-state index is 12.9. The lowest BCUT2D eigenvalue weighted by molar-refractivity contribution is -0.144. The molecule has 3 aromatic rings. The minimum atomic E-state index is -0.814. The van der Waals surface area contributed by atoms with Crippen molar-refractivity contribution < 1.29 is 18.7 Å². The van der Waals surface area contributed by atoms with Gasteiger partial charge in [0.25, 0.3) is 0 Å². The highest BCUT2D eigenvalue weighted by Crippen LogP contribution is 2.32. The Balaban J connectivity index is 1.86. The Morgan fingerprint density at radius 1 is 1.21 bits per heavy atom. The highest BCUT2D eigenvalue weighted by molar-refractivity contribution is 6.30. The predicted molar refractivity (Wildman–Crippen MR) is 107 cm³/mol. The van der Waals surface area contributed by atoms with E-state index in [2.05, 4.69) is 4.99 Å². The van der Waals surface area contributed by atoms with Crippen LogP contribution in [0.4, 0.5) is 0 Å². The van der Waals surface area contributed by atoms with Gasteiger partial charge in [-0.15, -0.1) is 0 Å². The number of esters is 1. The van der Waals surface area contributed by atoms with Gasteiger partial charge in [0.05, 0.1) is 13.0 Å². The fraction of sp³-hybridized carbons (Fsp3) is 0.227. The van der Waals surface area contributed by atoms with Crippen LogP contribution in [0.2, 0.25) is 5.02 Å². The molecule has 0 radical (unpaired) electrons. The first kappa shape index (κ1) is 18.4. The zero-order valence-corrected chi connectivity index (χ0v) is 16.0. The van der Waals surface area contributed by atoms with E-state index in [1.807, 2.05) is 36.4 Å². The molecule has 0 saturated carbocycles. The summed E-state index contributed by atoms with van der Waals surface area (Å²) in [7, 11) is 0. The van der Waals surface area contributed by atoms with Crippen LogP contribution in [0, 0.1) is 0 Å². The molecule has 1 aliphatic heterocycles. The number of ketones is 1. The summed E-state index contributed by atoms with van der Waals surface area (Å²) in [5, 5.41) is 1.48. The van der Waals surface area contributed by atoms with E-state index < -0.39 is 12.0 Å². The van der Waals surface area contributed by atoms with Gasteiger partial charge in [-0.25, -0.2) is 0 Å². The zero-order chi connectivity index (χ0) is 19.7. The van der Waals surface area contributed by atoms with Gasteiger partial charge in [-0.05, 0) is 25.1 Å². The van der Waals surface area contributed by atoms with Crippen molar-refractivity contribution >= 4 is 40.0 Å². The van der Waals surface area contributed by atoms with E-state index in [0.29, 0.717) is 22.1 Å². The highest BCUT2D eigenvalue weighted by Gasteiger charge is 2.31. The summed E-state index contributed by atoms with van der Waals surface area (Å²) in [5.74, 6) is -0.0171. The van der Waals surface area contributed by atoms with Crippen LogP contribution >= 0.6 is 11.6 Å². The number of hydrogen-bond donors (Lipinski definition) is 0. The van der Waals surface area contributed by atoms with E-state index in [0.717, 1.165) is 16.5 Å². The lowest BCUT2D eigenvalue weighted by Gasteiger charge is -2.10. The van der Waals surface area contributed by atoms with E-state index in [1.165, 1.54) is 0 Å². The third kappa shape index (κ3) is 3.45. The topological polar surface area (TPSA) is 68.9 Å². The summed E-state index contributed by atoms with van der Waals surface area (Å²) in [4.78, 5) is 29.6. The molecule has 2 heterocycles. The second-order valence-corrected chi connectivity index (χ2v) is 6.99. The molecule has 6 heteroatoms. The van der Waals surface area contributed by atoms with Crippen molar-refractivity contribution in [1.29, 1.82) is 0 Å². The Morgan fingerprint density at radius 3 is 2.71 bits per heavy atom. The van der Waals surface area contributed by atoms with Gasteiger partial charge in [0.1, 0.15) is 17.3 Å². The number of rotatable bonds is 4. The largest absolute Gasteiger partial charge is 0.466 e. The summed E-state index contributed by atoms with van der Waals surface area (Å²) < 4.78 is 11.1. The Morgan fingerprint density at radius 2 is 1.96 bits per heavy atom. The molecule has 1 unspecified atom stereocenters. The molecule has 0 aliphatic carbocycles. The number of furan rings is 1. The van der Waals surface area contributed by atoms with Crippen molar-refractivity contribution in [3.63, 3.8) is 0 Å². The highest BCUT2D eigenvalue weighted by atomic mass is 35.5. The Kier molecular flexibility index (Phi) is 5.01. The van der Waals surface area contributed by atoms with Crippen molar-refractivity contribution in [3.8, 4) is 0 Å². The monoisotopic (exact) mass is 395 g/mol. The van der Waals surface area contributed by atoms with Crippen LogP contribution in [0.25, 0.3) is 11.0 Å². The van der Waals surface area contributed by atoms with Gasteiger partial charge in [0.2, 0.25) is 0 Å². The van der Waals surface area contributed by atoms with E-state index in [1.54, 1.807) is 19.1 Å². The minimum Gasteiger partial charge on any atom is -0.466 e. The number of ether oxygens (including phenoxy) is 1. The van der Waals surface area contributed by atoms with Gasteiger partial charge in [-0.1, -0.05) is 41.9 Å². The van der Waals surface area contributed by atoms with Crippen LogP contribution < -0.4 is 0 Å². The first-order valence-corrected chi connectivity index (χ1v) is 9.47. The Labute approximate surface area is 167 Å². The summed E-state index contributed by atoms with van der Waals surface area (Å²) in [6, 6.07) is 13.9. The van der Waals surface area contributed by atoms with Crippen molar-refractivity contribution in [1.82, 2.24) is 0 Å². The van der Waals surface area contributed by atoms with Crippen LogP contribution in [-0.4, -0.2) is 30.1 Å². The van der Waals surface area contributed by atoms with Crippen molar-refractivity contribution in [3.05, 3.63) is 70.4 Å². The van der Waals surface area contributed by atoms with Gasteiger partial charge in [0, 0.05) is 28.0 Å². The molecule has 0 spiro atoms. The standard InChI is InChI=1S/C22H18ClNO4/c1-2-27-20(26)12-17-18(25)11-16-15-5-3-4-6-19(15)28-22(16)21(24-17)13-7-9-14(23)10-8-13/h3-10,17H,2,11-12H2,1H3. The van der Waals surface area contributed by atoms with Gasteiger partial charge in [-0.2, -0.15) is 0 Å². The first-order valence-electron chi connectivity index (χ1n) is 9.09. The van der Waals surface area contributed by atoms with Gasteiger partial charge >= 0.3 is 5.97 Å². The molecule has 142 valence electrons. The summed E-state index contributed by atoms with van der Waals surface area (Å²) >= 11 is 6.02. The number of Topliss-reactive ketones (excluding diaryl/α,β-unsaturated/α-hetero) is 1. The van der Waals surface area contributed by atoms with Gasteiger partial charge in [0.15, 0.2) is 11.5 Å². The van der Waals surface area contributed by atoms with Crippen LogP contribution in [0.3, 0.4) is 0 Å². The van der Waals surface area contributed by atoms with Crippen LogP contribution in [0.1, 0.15) is 30.2 Å². The molecular weight excluding hydrogens is 378 g/mol. The number of benzene rings is 2. The fourth-order valence-electron chi connectivity index (χ4n) is 3.39. The van der Waals surface area contributed by atoms with Crippen molar-refractivity contribution in [2.75, 3.05) is 6.61 Å². The second kappa shape index (κ2) is 7.60. The Hall–Kier alpha value is -2.92. The third-order valence-electron chi connectivity index (χ3n) is 4.70. The van der Waals surface area contributed by atoms with E-state index in [4.69, 9.17) is 20.8 Å². The smallest absolute Gasteiger partial charge is 0.308 e. The maximum absolute atomic E-state index is 12.9. The molecule has 0 amide bonds. The van der Waals surface area contributed by atoms with Crippen LogP contribution in [0.5, 0.6) is 0 Å². The van der Waals surface area contributed by atoms with Gasteiger partial charge in [-0.3, -0.25) is 14.6 Å². The molecular formula is C22H18ClNO4. The average Bonchev–Trinajstić information content (AvgIpc) is 2.98. The number of nitrogens with zero attached hydrogens (tertiary/aromatic N) is 1. The summed E-state index contributed by atoms with van der Waals surface area (Å²) in [6.07, 6.45) is 0.0585. The third-order valence-corrected chi connectivity index (χ3v) is 4.96. The molecule has 0 fully saturated rings. The number of halogens is 1. The summed E-state index contributed by atoms with van der Waals surface area (Å²) in [5.41, 5.74) is 2.81. The lowest BCUT2D eigenvalue weighted by atomic mass is 9.99. The van der Waals surface area contributed by atoms with Gasteiger partial charge < -0.3 is 9.15 Å². The second-order valence-electron chi connectivity index (χ2n) is 6.56. The number of carbonyl (C=O) groups is 2. The molecule has 4 rings (SSSR count). The molecule has 2 aromatic carbocycles.